The fraction of sp³-hybridized carbons (Fsp3) is 0.667. The molecule has 15 heavy (non-hydrogen) atoms. The van der Waals surface area contributed by atoms with Gasteiger partial charge in [-0.1, -0.05) is 13.8 Å². The summed E-state index contributed by atoms with van der Waals surface area (Å²) in [5.74, 6) is 2.02. The molecule has 86 valence electrons. The van der Waals surface area contributed by atoms with Gasteiger partial charge in [0.1, 0.15) is 0 Å². The highest BCUT2D eigenvalue weighted by Gasteiger charge is 2.01. The first-order chi connectivity index (χ1) is 7.26. The van der Waals surface area contributed by atoms with Crippen molar-refractivity contribution in [3.63, 3.8) is 0 Å². The van der Waals surface area contributed by atoms with E-state index in [0.717, 1.165) is 25.4 Å². The van der Waals surface area contributed by atoms with E-state index in [-0.39, 0.29) is 0 Å². The second-order valence-electron chi connectivity index (χ2n) is 3.91. The fourth-order valence-corrected chi connectivity index (χ4v) is 3.11. The molecule has 0 aliphatic heterocycles. The topological polar surface area (TPSA) is 12.0 Å². The van der Waals surface area contributed by atoms with Crippen LogP contribution in [0.15, 0.2) is 12.1 Å². The van der Waals surface area contributed by atoms with E-state index in [9.17, 15) is 0 Å². The Morgan fingerprint density at radius 3 is 2.73 bits per heavy atom. The third-order valence-corrected chi connectivity index (χ3v) is 4.44. The third-order valence-electron chi connectivity index (χ3n) is 2.31. The first-order valence-corrected chi connectivity index (χ1v) is 7.74. The largest absolute Gasteiger partial charge is 0.312 e. The Hall–Kier alpha value is 0.01000. The molecule has 1 rings (SSSR count). The number of nitrogens with one attached hydrogen (secondary N) is 1. The highest BCUT2D eigenvalue weighted by atomic mass is 32.2. The van der Waals surface area contributed by atoms with Gasteiger partial charge in [0.2, 0.25) is 0 Å². The van der Waals surface area contributed by atoms with Crippen molar-refractivity contribution in [2.24, 2.45) is 5.92 Å². The van der Waals surface area contributed by atoms with E-state index in [0.29, 0.717) is 0 Å². The maximum Gasteiger partial charge on any atom is 0.0299 e. The Bertz CT molecular complexity index is 270. The Kier molecular flexibility index (Phi) is 6.37. The first-order valence-electron chi connectivity index (χ1n) is 5.53. The highest BCUT2D eigenvalue weighted by Crippen LogP contribution is 2.16. The zero-order chi connectivity index (χ0) is 11.1. The quantitative estimate of drug-likeness (QED) is 0.788. The van der Waals surface area contributed by atoms with E-state index in [1.165, 1.54) is 15.5 Å². The maximum atomic E-state index is 3.52. The molecule has 0 bridgehead atoms. The van der Waals surface area contributed by atoms with Crippen LogP contribution in [0, 0.1) is 5.92 Å². The number of thioether (sulfide) groups is 1. The molecule has 0 fully saturated rings. The van der Waals surface area contributed by atoms with Crippen molar-refractivity contribution in [2.75, 3.05) is 18.6 Å². The number of aryl methyl sites for hydroxylation is 1. The second-order valence-corrected chi connectivity index (χ2v) is 6.08. The molecule has 0 amide bonds. The van der Waals surface area contributed by atoms with Crippen LogP contribution in [-0.4, -0.2) is 18.6 Å². The summed E-state index contributed by atoms with van der Waals surface area (Å²) in [4.78, 5) is 2.95. The molecule has 0 aliphatic carbocycles. The Morgan fingerprint density at radius 1 is 1.40 bits per heavy atom. The standard InChI is InChI=1S/C12H21NS2/c1-4-11-5-6-12(15-11)8-13-7-10(2)9-14-3/h5-6,10,13H,4,7-9H2,1-3H3. The lowest BCUT2D eigenvalue weighted by atomic mass is 10.2. The van der Waals surface area contributed by atoms with Crippen molar-refractivity contribution >= 4 is 23.1 Å². The van der Waals surface area contributed by atoms with E-state index < -0.39 is 0 Å². The van der Waals surface area contributed by atoms with Crippen molar-refractivity contribution in [3.8, 4) is 0 Å². The fourth-order valence-electron chi connectivity index (χ4n) is 1.49. The van der Waals surface area contributed by atoms with Gasteiger partial charge in [-0.15, -0.1) is 11.3 Å². The molecule has 0 saturated carbocycles. The Labute approximate surface area is 102 Å². The van der Waals surface area contributed by atoms with Gasteiger partial charge in [0.25, 0.3) is 0 Å². The molecule has 3 heteroatoms. The molecular weight excluding hydrogens is 222 g/mol. The van der Waals surface area contributed by atoms with Gasteiger partial charge in [0.15, 0.2) is 0 Å². The molecule has 1 atom stereocenters. The van der Waals surface area contributed by atoms with Crippen LogP contribution in [0.3, 0.4) is 0 Å². The lowest BCUT2D eigenvalue weighted by Gasteiger charge is -2.09. The molecule has 0 aromatic carbocycles. The predicted octanol–water partition coefficient (Wildman–Crippen LogP) is 3.40. The lowest BCUT2D eigenvalue weighted by Crippen LogP contribution is -2.21. The van der Waals surface area contributed by atoms with Gasteiger partial charge >= 0.3 is 0 Å². The van der Waals surface area contributed by atoms with E-state index in [1.807, 2.05) is 23.1 Å². The normalized spacial score (nSPS) is 13.0. The van der Waals surface area contributed by atoms with Gasteiger partial charge in [-0.05, 0) is 43.0 Å². The summed E-state index contributed by atoms with van der Waals surface area (Å²) in [5, 5.41) is 3.52. The molecule has 0 radical (unpaired) electrons. The molecule has 1 aromatic heterocycles. The summed E-state index contributed by atoms with van der Waals surface area (Å²) >= 11 is 3.86. The van der Waals surface area contributed by atoms with Crippen LogP contribution in [0.2, 0.25) is 0 Å². The molecule has 1 nitrogen and oxygen atoms in total. The summed E-state index contributed by atoms with van der Waals surface area (Å²) < 4.78 is 0. The van der Waals surface area contributed by atoms with Crippen LogP contribution in [0.1, 0.15) is 23.6 Å². The summed E-state index contributed by atoms with van der Waals surface area (Å²) in [6.45, 7) is 6.67. The number of thiophene rings is 1. The van der Waals surface area contributed by atoms with Gasteiger partial charge < -0.3 is 5.32 Å². The molecule has 1 unspecified atom stereocenters. The SMILES string of the molecule is CCc1ccc(CNCC(C)CSC)s1. The highest BCUT2D eigenvalue weighted by molar-refractivity contribution is 7.98. The summed E-state index contributed by atoms with van der Waals surface area (Å²) in [6.07, 6.45) is 3.33. The second kappa shape index (κ2) is 7.31. The summed E-state index contributed by atoms with van der Waals surface area (Å²) in [7, 11) is 0. The van der Waals surface area contributed by atoms with Crippen LogP contribution in [0.25, 0.3) is 0 Å². The van der Waals surface area contributed by atoms with Crippen molar-refractivity contribution in [3.05, 3.63) is 21.9 Å². The van der Waals surface area contributed by atoms with Crippen molar-refractivity contribution in [2.45, 2.75) is 26.8 Å². The Morgan fingerprint density at radius 2 is 2.13 bits per heavy atom. The average molecular weight is 243 g/mol. The van der Waals surface area contributed by atoms with Gasteiger partial charge in [0.05, 0.1) is 0 Å². The molecule has 0 aliphatic rings. The zero-order valence-electron chi connectivity index (χ0n) is 9.88. The van der Waals surface area contributed by atoms with Gasteiger partial charge in [-0.2, -0.15) is 11.8 Å². The minimum absolute atomic E-state index is 0.769. The first kappa shape index (κ1) is 13.1. The molecule has 1 N–H and O–H groups in total. The van der Waals surface area contributed by atoms with Crippen LogP contribution >= 0.6 is 23.1 Å². The molecule has 0 saturated heterocycles. The Balaban J connectivity index is 2.19. The van der Waals surface area contributed by atoms with Gasteiger partial charge in [-0.3, -0.25) is 0 Å². The number of hydrogen-bond acceptors (Lipinski definition) is 3. The number of rotatable bonds is 7. The zero-order valence-corrected chi connectivity index (χ0v) is 11.5. The van der Waals surface area contributed by atoms with Gasteiger partial charge in [-0.25, -0.2) is 0 Å². The van der Waals surface area contributed by atoms with Crippen LogP contribution < -0.4 is 5.32 Å². The molecule has 1 aromatic rings. The molecular formula is C12H21NS2. The third kappa shape index (κ3) is 5.05. The van der Waals surface area contributed by atoms with E-state index in [4.69, 9.17) is 0 Å². The predicted molar refractivity (Wildman–Crippen MR) is 72.9 cm³/mol. The van der Waals surface area contributed by atoms with Gasteiger partial charge in [0, 0.05) is 16.3 Å². The van der Waals surface area contributed by atoms with Crippen LogP contribution in [-0.2, 0) is 13.0 Å². The van der Waals surface area contributed by atoms with Crippen molar-refractivity contribution in [1.29, 1.82) is 0 Å². The summed E-state index contributed by atoms with van der Waals surface area (Å²) in [5.41, 5.74) is 0. The van der Waals surface area contributed by atoms with E-state index in [2.05, 4.69) is 37.6 Å². The van der Waals surface area contributed by atoms with Crippen molar-refractivity contribution in [1.82, 2.24) is 5.32 Å². The maximum absolute atomic E-state index is 3.52. The lowest BCUT2D eigenvalue weighted by molar-refractivity contribution is 0.562. The number of hydrogen-bond donors (Lipinski definition) is 1. The average Bonchev–Trinajstić information content (AvgIpc) is 2.66. The smallest absolute Gasteiger partial charge is 0.0299 e. The van der Waals surface area contributed by atoms with E-state index in [1.54, 1.807) is 0 Å². The summed E-state index contributed by atoms with van der Waals surface area (Å²) in [6, 6.07) is 4.49. The van der Waals surface area contributed by atoms with Crippen molar-refractivity contribution < 1.29 is 0 Å². The molecule has 0 spiro atoms. The minimum atomic E-state index is 0.769. The molecule has 1 heterocycles. The van der Waals surface area contributed by atoms with Crippen LogP contribution in [0.4, 0.5) is 0 Å². The van der Waals surface area contributed by atoms with Crippen LogP contribution in [0.5, 0.6) is 0 Å². The monoisotopic (exact) mass is 243 g/mol. The minimum Gasteiger partial charge on any atom is -0.312 e. The van der Waals surface area contributed by atoms with E-state index >= 15 is 0 Å².